The first-order valence-corrected chi connectivity index (χ1v) is 9.30. The van der Waals surface area contributed by atoms with Gasteiger partial charge in [-0.3, -0.25) is 19.7 Å². The second kappa shape index (κ2) is 10.2. The second-order valence-corrected chi connectivity index (χ2v) is 6.26. The molecular weight excluding hydrogens is 376 g/mol. The molecule has 0 fully saturated rings. The lowest BCUT2D eigenvalue weighted by atomic mass is 10.0. The molecular formula is C21H24N2O6. The van der Waals surface area contributed by atoms with Crippen molar-refractivity contribution in [2.45, 2.75) is 33.2 Å². The van der Waals surface area contributed by atoms with Crippen LogP contribution < -0.4 is 10.1 Å². The quantitative estimate of drug-likeness (QED) is 0.390. The Kier molecular flexibility index (Phi) is 7.70. The summed E-state index contributed by atoms with van der Waals surface area (Å²) in [6, 6.07) is 10.7. The lowest BCUT2D eigenvalue weighted by Gasteiger charge is -2.19. The number of rotatable bonds is 9. The lowest BCUT2D eigenvalue weighted by Crippen LogP contribution is -2.31. The van der Waals surface area contributed by atoms with Gasteiger partial charge in [0.2, 0.25) is 0 Å². The van der Waals surface area contributed by atoms with Crippen LogP contribution in [-0.4, -0.2) is 30.0 Å². The highest BCUT2D eigenvalue weighted by molar-refractivity contribution is 6.00. The van der Waals surface area contributed by atoms with Crippen molar-refractivity contribution in [2.75, 3.05) is 13.2 Å². The van der Waals surface area contributed by atoms with Crippen LogP contribution in [0.4, 0.5) is 5.69 Å². The van der Waals surface area contributed by atoms with Gasteiger partial charge in [0.1, 0.15) is 11.3 Å². The molecule has 0 saturated heterocycles. The topological polar surface area (TPSA) is 108 Å². The highest BCUT2D eigenvalue weighted by atomic mass is 16.6. The average Bonchev–Trinajstić information content (AvgIpc) is 2.68. The molecule has 29 heavy (non-hydrogen) atoms. The Balaban J connectivity index is 2.33. The van der Waals surface area contributed by atoms with Crippen LogP contribution in [0.3, 0.4) is 0 Å². The Morgan fingerprint density at radius 1 is 1.10 bits per heavy atom. The fraction of sp³-hybridized carbons (Fsp3) is 0.333. The summed E-state index contributed by atoms with van der Waals surface area (Å²) in [7, 11) is 0. The zero-order valence-electron chi connectivity index (χ0n) is 16.6. The molecule has 2 rings (SSSR count). The standard InChI is InChI=1S/C21H24N2O6/c1-4-28-16-11-9-15(10-12-16)17(13-19(24)29-5-2)22-21(25)20-14(3)7-6-8-18(20)23(26)27/h6-12,17H,4-5,13H2,1-3H3,(H,22,25)/t17-/m0/s1. The first-order valence-electron chi connectivity index (χ1n) is 9.30. The first kappa shape index (κ1) is 21.9. The van der Waals surface area contributed by atoms with Gasteiger partial charge in [-0.1, -0.05) is 24.3 Å². The maximum Gasteiger partial charge on any atom is 0.308 e. The van der Waals surface area contributed by atoms with E-state index in [4.69, 9.17) is 9.47 Å². The number of nitro groups is 1. The average molecular weight is 400 g/mol. The minimum absolute atomic E-state index is 0.0303. The molecule has 0 unspecified atom stereocenters. The van der Waals surface area contributed by atoms with Gasteiger partial charge in [0.15, 0.2) is 0 Å². The van der Waals surface area contributed by atoms with E-state index in [0.29, 0.717) is 23.5 Å². The second-order valence-electron chi connectivity index (χ2n) is 6.26. The van der Waals surface area contributed by atoms with Crippen LogP contribution in [0.5, 0.6) is 5.75 Å². The first-order chi connectivity index (χ1) is 13.9. The Labute approximate surface area is 169 Å². The molecule has 0 aliphatic rings. The molecule has 8 nitrogen and oxygen atoms in total. The molecule has 2 aromatic carbocycles. The molecule has 0 bridgehead atoms. The largest absolute Gasteiger partial charge is 0.494 e. The van der Waals surface area contributed by atoms with Crippen molar-refractivity contribution in [3.63, 3.8) is 0 Å². The summed E-state index contributed by atoms with van der Waals surface area (Å²) < 4.78 is 10.4. The van der Waals surface area contributed by atoms with Crippen molar-refractivity contribution in [1.82, 2.24) is 5.32 Å². The minimum atomic E-state index is -0.712. The smallest absolute Gasteiger partial charge is 0.308 e. The number of aryl methyl sites for hydroxylation is 1. The van der Waals surface area contributed by atoms with E-state index in [1.54, 1.807) is 44.2 Å². The van der Waals surface area contributed by atoms with Gasteiger partial charge in [0, 0.05) is 6.07 Å². The van der Waals surface area contributed by atoms with E-state index >= 15 is 0 Å². The predicted octanol–water partition coefficient (Wildman–Crippen LogP) is 3.73. The highest BCUT2D eigenvalue weighted by Crippen LogP contribution is 2.25. The summed E-state index contributed by atoms with van der Waals surface area (Å²) in [6.45, 7) is 5.91. The molecule has 0 saturated carbocycles. The fourth-order valence-electron chi connectivity index (χ4n) is 2.93. The number of nitrogens with one attached hydrogen (secondary N) is 1. The summed E-state index contributed by atoms with van der Waals surface area (Å²) in [5.41, 5.74) is 0.811. The molecule has 2 aromatic rings. The monoisotopic (exact) mass is 400 g/mol. The van der Waals surface area contributed by atoms with E-state index in [1.165, 1.54) is 12.1 Å². The Hall–Kier alpha value is -3.42. The number of nitro benzene ring substituents is 1. The molecule has 0 heterocycles. The molecule has 0 spiro atoms. The number of esters is 1. The van der Waals surface area contributed by atoms with Gasteiger partial charge in [-0.15, -0.1) is 0 Å². The molecule has 0 aromatic heterocycles. The van der Waals surface area contributed by atoms with E-state index in [-0.39, 0.29) is 24.3 Å². The van der Waals surface area contributed by atoms with Gasteiger partial charge in [-0.25, -0.2) is 0 Å². The lowest BCUT2D eigenvalue weighted by molar-refractivity contribution is -0.385. The number of hydrogen-bond acceptors (Lipinski definition) is 6. The highest BCUT2D eigenvalue weighted by Gasteiger charge is 2.26. The Morgan fingerprint density at radius 3 is 2.38 bits per heavy atom. The van der Waals surface area contributed by atoms with E-state index in [1.807, 2.05) is 6.92 Å². The summed E-state index contributed by atoms with van der Waals surface area (Å²) in [6.07, 6.45) is -0.104. The summed E-state index contributed by atoms with van der Waals surface area (Å²) in [4.78, 5) is 35.7. The normalized spacial score (nSPS) is 11.4. The van der Waals surface area contributed by atoms with Crippen LogP contribution in [0.15, 0.2) is 42.5 Å². The van der Waals surface area contributed by atoms with Crippen molar-refractivity contribution < 1.29 is 24.0 Å². The molecule has 154 valence electrons. The molecule has 8 heteroatoms. The van der Waals surface area contributed by atoms with Gasteiger partial charge in [-0.2, -0.15) is 0 Å². The van der Waals surface area contributed by atoms with E-state index < -0.39 is 22.8 Å². The molecule has 0 aliphatic carbocycles. The minimum Gasteiger partial charge on any atom is -0.494 e. The van der Waals surface area contributed by atoms with Crippen molar-refractivity contribution in [1.29, 1.82) is 0 Å². The van der Waals surface area contributed by atoms with Crippen LogP contribution in [0.25, 0.3) is 0 Å². The Morgan fingerprint density at radius 2 is 1.79 bits per heavy atom. The van der Waals surface area contributed by atoms with Gasteiger partial charge in [-0.05, 0) is 44.0 Å². The van der Waals surface area contributed by atoms with Crippen molar-refractivity contribution in [3.05, 3.63) is 69.3 Å². The fourth-order valence-corrected chi connectivity index (χ4v) is 2.93. The van der Waals surface area contributed by atoms with Gasteiger partial charge < -0.3 is 14.8 Å². The van der Waals surface area contributed by atoms with Crippen LogP contribution >= 0.6 is 0 Å². The van der Waals surface area contributed by atoms with Crippen molar-refractivity contribution in [3.8, 4) is 5.75 Å². The van der Waals surface area contributed by atoms with Gasteiger partial charge >= 0.3 is 5.97 Å². The molecule has 1 atom stereocenters. The number of nitrogens with zero attached hydrogens (tertiary/aromatic N) is 1. The SMILES string of the molecule is CCOC(=O)C[C@H](NC(=O)c1c(C)cccc1[N+](=O)[O-])c1ccc(OCC)cc1. The zero-order valence-corrected chi connectivity index (χ0v) is 16.6. The zero-order chi connectivity index (χ0) is 21.4. The third-order valence-corrected chi connectivity index (χ3v) is 4.25. The maximum absolute atomic E-state index is 12.9. The van der Waals surface area contributed by atoms with Crippen LogP contribution in [0.2, 0.25) is 0 Å². The van der Waals surface area contributed by atoms with Crippen molar-refractivity contribution >= 4 is 17.6 Å². The van der Waals surface area contributed by atoms with Crippen LogP contribution in [0.1, 0.15) is 47.8 Å². The van der Waals surface area contributed by atoms with Gasteiger partial charge in [0.25, 0.3) is 11.6 Å². The van der Waals surface area contributed by atoms with Crippen LogP contribution in [-0.2, 0) is 9.53 Å². The number of carbonyl (C=O) groups excluding carboxylic acids is 2. The third kappa shape index (κ3) is 5.78. The molecule has 0 radical (unpaired) electrons. The number of amides is 1. The van der Waals surface area contributed by atoms with E-state index in [9.17, 15) is 19.7 Å². The molecule has 1 N–H and O–H groups in total. The Bertz CT molecular complexity index is 879. The van der Waals surface area contributed by atoms with E-state index in [2.05, 4.69) is 5.32 Å². The van der Waals surface area contributed by atoms with E-state index in [0.717, 1.165) is 0 Å². The number of hydrogen-bond donors (Lipinski definition) is 1. The molecule has 0 aliphatic heterocycles. The predicted molar refractivity (Wildman–Crippen MR) is 107 cm³/mol. The number of ether oxygens (including phenoxy) is 2. The van der Waals surface area contributed by atoms with Gasteiger partial charge in [0.05, 0.1) is 30.6 Å². The third-order valence-electron chi connectivity index (χ3n) is 4.25. The summed E-state index contributed by atoms with van der Waals surface area (Å²) in [5.74, 6) is -0.448. The number of benzene rings is 2. The number of carbonyl (C=O) groups is 2. The summed E-state index contributed by atoms with van der Waals surface area (Å²) >= 11 is 0. The van der Waals surface area contributed by atoms with Crippen molar-refractivity contribution in [2.24, 2.45) is 0 Å². The maximum atomic E-state index is 12.9. The molecule has 1 amide bonds. The summed E-state index contributed by atoms with van der Waals surface area (Å²) in [5, 5.41) is 14.1. The van der Waals surface area contributed by atoms with Crippen LogP contribution in [0, 0.1) is 17.0 Å².